The van der Waals surface area contributed by atoms with E-state index in [0.29, 0.717) is 12.0 Å². The topological polar surface area (TPSA) is 125 Å². The molecule has 30 heavy (non-hydrogen) atoms. The van der Waals surface area contributed by atoms with Gasteiger partial charge in [-0.25, -0.2) is 19.4 Å². The number of guanidine groups is 1. The fraction of sp³-hybridized carbons (Fsp3) is 0.700. The molecule has 1 aliphatic rings. The first kappa shape index (κ1) is 25.3. The average Bonchev–Trinajstić information content (AvgIpc) is 2.53. The molecule has 0 aromatic carbocycles. The second-order valence-electron chi connectivity index (χ2n) is 8.62. The van der Waals surface area contributed by atoms with E-state index in [2.05, 4.69) is 15.6 Å². The minimum atomic E-state index is -0.795. The van der Waals surface area contributed by atoms with Crippen molar-refractivity contribution in [2.45, 2.75) is 79.1 Å². The Morgan fingerprint density at radius 3 is 1.97 bits per heavy atom. The lowest BCUT2D eigenvalue weighted by molar-refractivity contribution is -0.143. The quantitative estimate of drug-likeness (QED) is 0.307. The van der Waals surface area contributed by atoms with Crippen molar-refractivity contribution in [2.75, 3.05) is 13.2 Å². The molecular weight excluding hydrogens is 394 g/mol. The van der Waals surface area contributed by atoms with E-state index in [4.69, 9.17) is 18.9 Å². The number of carbonyl (C=O) groups is 3. The number of alkyl carbamates (subject to hydrolysis) is 2. The van der Waals surface area contributed by atoms with Crippen LogP contribution >= 0.6 is 0 Å². The van der Waals surface area contributed by atoms with Gasteiger partial charge in [0.2, 0.25) is 11.7 Å². The summed E-state index contributed by atoms with van der Waals surface area (Å²) in [6.07, 6.45) is -1.15. The minimum Gasteiger partial charge on any atom is -0.486 e. The van der Waals surface area contributed by atoms with Gasteiger partial charge in [0.25, 0.3) is 0 Å². The van der Waals surface area contributed by atoms with E-state index in [1.807, 2.05) is 0 Å². The van der Waals surface area contributed by atoms with E-state index in [-0.39, 0.29) is 24.9 Å². The SMILES string of the molecule is CCOC(=O)C1=C(C)C(N=C(NC(=O)OC(C)(C)C)NC(=O)OC(C)(C)C)CCO1. The van der Waals surface area contributed by atoms with Crippen molar-refractivity contribution in [3.8, 4) is 0 Å². The number of aliphatic imine (C=N–C) groups is 1. The van der Waals surface area contributed by atoms with Gasteiger partial charge in [0.15, 0.2) is 0 Å². The smallest absolute Gasteiger partial charge is 0.414 e. The fourth-order valence-electron chi connectivity index (χ4n) is 2.38. The van der Waals surface area contributed by atoms with Crippen molar-refractivity contribution in [2.24, 2.45) is 4.99 Å². The molecule has 2 amide bonds. The molecule has 1 atom stereocenters. The summed E-state index contributed by atoms with van der Waals surface area (Å²) in [5, 5.41) is 4.85. The molecule has 10 nitrogen and oxygen atoms in total. The van der Waals surface area contributed by atoms with Crippen LogP contribution in [0, 0.1) is 0 Å². The molecule has 170 valence electrons. The van der Waals surface area contributed by atoms with Gasteiger partial charge in [0.1, 0.15) is 11.2 Å². The third kappa shape index (κ3) is 9.15. The molecule has 1 aliphatic heterocycles. The van der Waals surface area contributed by atoms with Crippen LogP contribution in [0.25, 0.3) is 0 Å². The Hall–Kier alpha value is -2.78. The molecule has 0 aliphatic carbocycles. The standard InChI is InChI=1S/C20H33N3O7/c1-9-27-15(24)14-12(2)13(10-11-28-14)21-16(22-17(25)29-19(3,4)5)23-18(26)30-20(6,7)8/h13H,9-11H2,1-8H3,(H2,21,22,23,25,26). The maximum Gasteiger partial charge on any atom is 0.414 e. The lowest BCUT2D eigenvalue weighted by Crippen LogP contribution is -2.48. The fourth-order valence-corrected chi connectivity index (χ4v) is 2.38. The summed E-state index contributed by atoms with van der Waals surface area (Å²) in [6, 6.07) is -0.530. The highest BCUT2D eigenvalue weighted by Gasteiger charge is 2.28. The van der Waals surface area contributed by atoms with Gasteiger partial charge in [-0.2, -0.15) is 0 Å². The molecule has 0 bridgehead atoms. The van der Waals surface area contributed by atoms with Crippen molar-refractivity contribution in [3.63, 3.8) is 0 Å². The van der Waals surface area contributed by atoms with E-state index in [9.17, 15) is 14.4 Å². The van der Waals surface area contributed by atoms with Crippen LogP contribution in [-0.4, -0.2) is 54.6 Å². The predicted molar refractivity (Wildman–Crippen MR) is 110 cm³/mol. The zero-order chi connectivity index (χ0) is 23.1. The Balaban J connectivity index is 3.13. The molecule has 1 unspecified atom stereocenters. The molecule has 0 saturated carbocycles. The van der Waals surface area contributed by atoms with Crippen molar-refractivity contribution < 1.29 is 33.3 Å². The molecule has 2 N–H and O–H groups in total. The van der Waals surface area contributed by atoms with Gasteiger partial charge < -0.3 is 18.9 Å². The molecule has 0 aromatic heterocycles. The third-order valence-corrected chi connectivity index (χ3v) is 3.48. The maximum absolute atomic E-state index is 12.2. The van der Waals surface area contributed by atoms with E-state index < -0.39 is 35.4 Å². The number of rotatable bonds is 3. The van der Waals surface area contributed by atoms with Crippen LogP contribution < -0.4 is 10.6 Å². The van der Waals surface area contributed by atoms with Crippen LogP contribution in [0.4, 0.5) is 9.59 Å². The number of hydrogen-bond donors (Lipinski definition) is 2. The van der Waals surface area contributed by atoms with Gasteiger partial charge >= 0.3 is 18.2 Å². The first-order chi connectivity index (χ1) is 13.7. The van der Waals surface area contributed by atoms with Gasteiger partial charge in [-0.3, -0.25) is 10.6 Å². The summed E-state index contributed by atoms with van der Waals surface area (Å²) in [6.45, 7) is 14.1. The Labute approximate surface area is 177 Å². The molecule has 10 heteroatoms. The van der Waals surface area contributed by atoms with Crippen molar-refractivity contribution in [1.29, 1.82) is 0 Å². The molecule has 0 saturated heterocycles. The van der Waals surface area contributed by atoms with E-state index in [1.165, 1.54) is 0 Å². The highest BCUT2D eigenvalue weighted by Crippen LogP contribution is 2.23. The van der Waals surface area contributed by atoms with Gasteiger partial charge in [-0.05, 0) is 55.4 Å². The molecule has 0 spiro atoms. The van der Waals surface area contributed by atoms with Gasteiger partial charge in [0, 0.05) is 12.0 Å². The average molecular weight is 427 g/mol. The van der Waals surface area contributed by atoms with E-state index in [0.717, 1.165) is 0 Å². The van der Waals surface area contributed by atoms with Crippen LogP contribution in [0.5, 0.6) is 0 Å². The number of carbonyl (C=O) groups excluding carboxylic acids is 3. The molecule has 0 aromatic rings. The normalized spacial score (nSPS) is 16.7. The predicted octanol–water partition coefficient (Wildman–Crippen LogP) is 3.02. The number of nitrogens with one attached hydrogen (secondary N) is 2. The van der Waals surface area contributed by atoms with Gasteiger partial charge in [0.05, 0.1) is 19.3 Å². The lowest BCUT2D eigenvalue weighted by Gasteiger charge is -2.25. The van der Waals surface area contributed by atoms with Gasteiger partial charge in [-0.1, -0.05) is 0 Å². The summed E-state index contributed by atoms with van der Waals surface area (Å²) in [4.78, 5) is 40.9. The first-order valence-electron chi connectivity index (χ1n) is 9.80. The monoisotopic (exact) mass is 427 g/mol. The van der Waals surface area contributed by atoms with Crippen molar-refractivity contribution in [1.82, 2.24) is 10.6 Å². The molecule has 0 fully saturated rings. The van der Waals surface area contributed by atoms with Crippen LogP contribution in [0.1, 0.15) is 61.8 Å². The Morgan fingerprint density at radius 2 is 1.53 bits per heavy atom. The minimum absolute atomic E-state index is 0.0748. The second-order valence-corrected chi connectivity index (χ2v) is 8.62. The number of amides is 2. The largest absolute Gasteiger partial charge is 0.486 e. The second kappa shape index (κ2) is 10.3. The van der Waals surface area contributed by atoms with Crippen LogP contribution in [0.2, 0.25) is 0 Å². The summed E-state index contributed by atoms with van der Waals surface area (Å²) < 4.78 is 20.9. The van der Waals surface area contributed by atoms with Crippen molar-refractivity contribution in [3.05, 3.63) is 11.3 Å². The molecular formula is C20H33N3O7. The first-order valence-corrected chi connectivity index (χ1v) is 9.80. The van der Waals surface area contributed by atoms with E-state index in [1.54, 1.807) is 55.4 Å². The molecule has 1 rings (SSSR count). The zero-order valence-electron chi connectivity index (χ0n) is 19.0. The summed E-state index contributed by atoms with van der Waals surface area (Å²) in [7, 11) is 0. The molecule has 0 radical (unpaired) electrons. The summed E-state index contributed by atoms with van der Waals surface area (Å²) in [5.74, 6) is -0.671. The summed E-state index contributed by atoms with van der Waals surface area (Å²) in [5.41, 5.74) is -0.964. The molecule has 1 heterocycles. The highest BCUT2D eigenvalue weighted by atomic mass is 16.6. The van der Waals surface area contributed by atoms with Crippen LogP contribution in [0.3, 0.4) is 0 Å². The highest BCUT2D eigenvalue weighted by molar-refractivity contribution is 6.01. The number of esters is 1. The number of ether oxygens (including phenoxy) is 4. The Kier molecular flexibility index (Phi) is 8.68. The maximum atomic E-state index is 12.2. The zero-order valence-corrected chi connectivity index (χ0v) is 19.0. The van der Waals surface area contributed by atoms with Gasteiger partial charge in [-0.15, -0.1) is 0 Å². The van der Waals surface area contributed by atoms with Crippen LogP contribution in [-0.2, 0) is 23.7 Å². The third-order valence-electron chi connectivity index (χ3n) is 3.48. The lowest BCUT2D eigenvalue weighted by atomic mass is 10.0. The summed E-state index contributed by atoms with van der Waals surface area (Å²) >= 11 is 0. The Morgan fingerprint density at radius 1 is 1.03 bits per heavy atom. The van der Waals surface area contributed by atoms with E-state index >= 15 is 0 Å². The van der Waals surface area contributed by atoms with Crippen LogP contribution in [0.15, 0.2) is 16.3 Å². The Bertz CT molecular complexity index is 683. The number of nitrogens with zero attached hydrogens (tertiary/aromatic N) is 1. The van der Waals surface area contributed by atoms with Crippen molar-refractivity contribution >= 4 is 24.1 Å². The number of hydrogen-bond acceptors (Lipinski definition) is 8.